The average Bonchev–Trinajstić information content (AvgIpc) is 2.44. The van der Waals surface area contributed by atoms with Crippen LogP contribution in [0.15, 0.2) is 16.6 Å². The molecule has 6 heteroatoms. The van der Waals surface area contributed by atoms with E-state index in [-0.39, 0.29) is 17.7 Å². The average molecular weight is 358 g/mol. The summed E-state index contributed by atoms with van der Waals surface area (Å²) in [6, 6.07) is 3.91. The number of hydrogen-bond acceptors (Lipinski definition) is 4. The summed E-state index contributed by atoms with van der Waals surface area (Å²) in [4.78, 5) is 13.3. The van der Waals surface area contributed by atoms with Crippen LogP contribution < -0.4 is 4.74 Å². The van der Waals surface area contributed by atoms with Gasteiger partial charge in [-0.3, -0.25) is 9.69 Å². The minimum atomic E-state index is -0.699. The Morgan fingerprint density at radius 1 is 1.52 bits per heavy atom. The molecule has 0 radical (unpaired) electrons. The zero-order chi connectivity index (χ0) is 15.6. The van der Waals surface area contributed by atoms with Crippen molar-refractivity contribution in [1.29, 1.82) is 0 Å². The van der Waals surface area contributed by atoms with Crippen LogP contribution in [0.4, 0.5) is 0 Å². The number of benzene rings is 1. The lowest BCUT2D eigenvalue weighted by Crippen LogP contribution is -2.42. The van der Waals surface area contributed by atoms with E-state index in [9.17, 15) is 9.90 Å². The van der Waals surface area contributed by atoms with Crippen molar-refractivity contribution in [3.8, 4) is 11.5 Å². The SMILES string of the molecule is COc1cc(CN2CCC(C(=O)O)CC2C)cc(Br)c1O. The molecular weight excluding hydrogens is 338 g/mol. The molecule has 21 heavy (non-hydrogen) atoms. The van der Waals surface area contributed by atoms with Crippen molar-refractivity contribution in [1.82, 2.24) is 4.90 Å². The molecule has 1 aromatic rings. The second kappa shape index (κ2) is 6.66. The lowest BCUT2D eigenvalue weighted by molar-refractivity contribution is -0.144. The van der Waals surface area contributed by atoms with Crippen molar-refractivity contribution in [3.05, 3.63) is 22.2 Å². The number of phenols is 1. The second-order valence-electron chi connectivity index (χ2n) is 5.51. The number of methoxy groups -OCH3 is 1. The number of rotatable bonds is 4. The third-order valence-corrected chi connectivity index (χ3v) is 4.66. The van der Waals surface area contributed by atoms with Crippen molar-refractivity contribution < 1.29 is 19.7 Å². The quantitative estimate of drug-likeness (QED) is 0.866. The first-order valence-corrected chi connectivity index (χ1v) is 7.74. The lowest BCUT2D eigenvalue weighted by atomic mass is 9.91. The minimum Gasteiger partial charge on any atom is -0.503 e. The van der Waals surface area contributed by atoms with E-state index in [2.05, 4.69) is 27.8 Å². The van der Waals surface area contributed by atoms with Crippen molar-refractivity contribution in [2.24, 2.45) is 5.92 Å². The molecule has 1 fully saturated rings. The predicted molar refractivity (Wildman–Crippen MR) is 82.6 cm³/mol. The highest BCUT2D eigenvalue weighted by Crippen LogP contribution is 2.36. The lowest BCUT2D eigenvalue weighted by Gasteiger charge is -2.36. The van der Waals surface area contributed by atoms with Crippen LogP contribution in [0.3, 0.4) is 0 Å². The molecule has 5 nitrogen and oxygen atoms in total. The number of ether oxygens (including phenoxy) is 1. The van der Waals surface area contributed by atoms with Crippen molar-refractivity contribution in [2.75, 3.05) is 13.7 Å². The Morgan fingerprint density at radius 2 is 2.24 bits per heavy atom. The topological polar surface area (TPSA) is 70.0 Å². The van der Waals surface area contributed by atoms with Crippen molar-refractivity contribution in [3.63, 3.8) is 0 Å². The van der Waals surface area contributed by atoms with Crippen LogP contribution >= 0.6 is 15.9 Å². The fourth-order valence-corrected chi connectivity index (χ4v) is 3.28. The van der Waals surface area contributed by atoms with Gasteiger partial charge >= 0.3 is 5.97 Å². The summed E-state index contributed by atoms with van der Waals surface area (Å²) in [5, 5.41) is 18.9. The highest BCUT2D eigenvalue weighted by atomic mass is 79.9. The Balaban J connectivity index is 2.09. The molecule has 2 unspecified atom stereocenters. The molecule has 0 spiro atoms. The molecule has 0 bridgehead atoms. The van der Waals surface area contributed by atoms with Gasteiger partial charge in [-0.15, -0.1) is 0 Å². The largest absolute Gasteiger partial charge is 0.503 e. The van der Waals surface area contributed by atoms with Crippen LogP contribution in [-0.4, -0.2) is 40.8 Å². The molecule has 1 aliphatic heterocycles. The highest BCUT2D eigenvalue weighted by Gasteiger charge is 2.29. The Morgan fingerprint density at radius 3 is 2.81 bits per heavy atom. The van der Waals surface area contributed by atoms with E-state index in [1.54, 1.807) is 0 Å². The Kier molecular flexibility index (Phi) is 5.11. The summed E-state index contributed by atoms with van der Waals surface area (Å²) in [5.74, 6) is -0.403. The Bertz CT molecular complexity index is 535. The molecule has 0 aromatic heterocycles. The number of aliphatic carboxylic acids is 1. The molecule has 1 aliphatic rings. The van der Waals surface area contributed by atoms with Crippen molar-refractivity contribution >= 4 is 21.9 Å². The van der Waals surface area contributed by atoms with E-state index in [1.165, 1.54) is 7.11 Å². The van der Waals surface area contributed by atoms with E-state index < -0.39 is 5.97 Å². The molecule has 0 amide bonds. The summed E-state index contributed by atoms with van der Waals surface area (Å²) in [5.41, 5.74) is 1.03. The zero-order valence-corrected chi connectivity index (χ0v) is 13.8. The van der Waals surface area contributed by atoms with Gasteiger partial charge in [0, 0.05) is 12.6 Å². The van der Waals surface area contributed by atoms with Crippen LogP contribution in [0.5, 0.6) is 11.5 Å². The molecule has 1 heterocycles. The molecule has 2 rings (SSSR count). The van der Waals surface area contributed by atoms with Gasteiger partial charge in [0.05, 0.1) is 17.5 Å². The highest BCUT2D eigenvalue weighted by molar-refractivity contribution is 9.10. The molecule has 0 aliphatic carbocycles. The third-order valence-electron chi connectivity index (χ3n) is 4.06. The summed E-state index contributed by atoms with van der Waals surface area (Å²) in [7, 11) is 1.52. The summed E-state index contributed by atoms with van der Waals surface area (Å²) in [6.07, 6.45) is 1.35. The van der Waals surface area contributed by atoms with Gasteiger partial charge in [-0.25, -0.2) is 0 Å². The third kappa shape index (κ3) is 3.68. The van der Waals surface area contributed by atoms with Gasteiger partial charge < -0.3 is 14.9 Å². The van der Waals surface area contributed by atoms with Crippen LogP contribution in [0, 0.1) is 5.92 Å². The predicted octanol–water partition coefficient (Wildman–Crippen LogP) is 2.85. The van der Waals surface area contributed by atoms with Crippen LogP contribution in [0.2, 0.25) is 0 Å². The van der Waals surface area contributed by atoms with Gasteiger partial charge in [0.2, 0.25) is 0 Å². The fraction of sp³-hybridized carbons (Fsp3) is 0.533. The van der Waals surface area contributed by atoms with Crippen LogP contribution in [-0.2, 0) is 11.3 Å². The number of phenolic OH excluding ortho intramolecular Hbond substituents is 1. The number of hydrogen-bond donors (Lipinski definition) is 2. The van der Waals surface area contributed by atoms with Gasteiger partial charge in [-0.1, -0.05) is 0 Å². The number of carbonyl (C=O) groups is 1. The number of piperidine rings is 1. The standard InChI is InChI=1S/C15H20BrNO4/c1-9-5-11(15(19)20)3-4-17(9)8-10-6-12(16)14(18)13(7-10)21-2/h6-7,9,11,18H,3-5,8H2,1-2H3,(H,19,20). The van der Waals surface area contributed by atoms with Crippen LogP contribution in [0.1, 0.15) is 25.3 Å². The van der Waals surface area contributed by atoms with Gasteiger partial charge in [0.15, 0.2) is 11.5 Å². The Hall–Kier alpha value is -1.27. The van der Waals surface area contributed by atoms with Gasteiger partial charge in [-0.05, 0) is 59.9 Å². The first-order valence-electron chi connectivity index (χ1n) is 6.94. The number of likely N-dealkylation sites (tertiary alicyclic amines) is 1. The van der Waals surface area contributed by atoms with E-state index in [4.69, 9.17) is 9.84 Å². The number of carboxylic acids is 1. The van der Waals surface area contributed by atoms with E-state index in [0.29, 0.717) is 29.6 Å². The smallest absolute Gasteiger partial charge is 0.306 e. The zero-order valence-electron chi connectivity index (χ0n) is 12.2. The maximum absolute atomic E-state index is 11.1. The van der Waals surface area contributed by atoms with E-state index in [1.807, 2.05) is 12.1 Å². The Labute approximate surface area is 132 Å². The monoisotopic (exact) mass is 357 g/mol. The first-order chi connectivity index (χ1) is 9.92. The summed E-state index contributed by atoms with van der Waals surface area (Å²) < 4.78 is 5.76. The fourth-order valence-electron chi connectivity index (χ4n) is 2.79. The first kappa shape index (κ1) is 16.1. The molecule has 0 saturated carbocycles. The molecule has 1 saturated heterocycles. The number of nitrogens with zero attached hydrogens (tertiary/aromatic N) is 1. The summed E-state index contributed by atoms with van der Waals surface area (Å²) >= 11 is 3.32. The molecule has 1 aromatic carbocycles. The molecule has 2 N–H and O–H groups in total. The van der Waals surface area contributed by atoms with Crippen molar-refractivity contribution in [2.45, 2.75) is 32.4 Å². The molecule has 2 atom stereocenters. The number of halogens is 1. The summed E-state index contributed by atoms with van der Waals surface area (Å²) in [6.45, 7) is 3.53. The van der Waals surface area contributed by atoms with Gasteiger partial charge in [0.25, 0.3) is 0 Å². The second-order valence-corrected chi connectivity index (χ2v) is 6.36. The maximum Gasteiger partial charge on any atom is 0.306 e. The van der Waals surface area contributed by atoms with Gasteiger partial charge in [-0.2, -0.15) is 0 Å². The van der Waals surface area contributed by atoms with E-state index >= 15 is 0 Å². The number of carboxylic acid groups (broad SMARTS) is 1. The van der Waals surface area contributed by atoms with E-state index in [0.717, 1.165) is 12.1 Å². The maximum atomic E-state index is 11.1. The minimum absolute atomic E-state index is 0.0962. The molecular formula is C15H20BrNO4. The molecule has 116 valence electrons. The normalized spacial score (nSPS) is 23.0. The van der Waals surface area contributed by atoms with Crippen LogP contribution in [0.25, 0.3) is 0 Å². The number of aromatic hydroxyl groups is 1. The van der Waals surface area contributed by atoms with Gasteiger partial charge in [0.1, 0.15) is 0 Å².